The van der Waals surface area contributed by atoms with Crippen molar-refractivity contribution in [3.63, 3.8) is 0 Å². The number of amides is 1. The summed E-state index contributed by atoms with van der Waals surface area (Å²) in [5, 5.41) is 2.73. The van der Waals surface area contributed by atoms with Crippen molar-refractivity contribution >= 4 is 12.0 Å². The molecular weight excluding hydrogens is 280 g/mol. The van der Waals surface area contributed by atoms with E-state index in [1.165, 1.54) is 0 Å². The third-order valence-corrected chi connectivity index (χ3v) is 2.77. The fraction of sp³-hybridized carbons (Fsp3) is 0.688. The molecular formula is C16H28N4O2. The molecule has 0 aliphatic heterocycles. The van der Waals surface area contributed by atoms with Crippen LogP contribution in [0.1, 0.15) is 40.3 Å². The van der Waals surface area contributed by atoms with Gasteiger partial charge >= 0.3 is 6.09 Å². The maximum atomic E-state index is 11.6. The molecule has 1 aromatic rings. The van der Waals surface area contributed by atoms with E-state index in [-0.39, 0.29) is 0 Å². The topological polar surface area (TPSA) is 67.4 Å². The average molecular weight is 308 g/mol. The first-order chi connectivity index (χ1) is 10.2. The third kappa shape index (κ3) is 7.24. The second kappa shape index (κ2) is 7.96. The van der Waals surface area contributed by atoms with E-state index in [0.717, 1.165) is 12.1 Å². The Balaban J connectivity index is 2.45. The van der Waals surface area contributed by atoms with Gasteiger partial charge in [0.2, 0.25) is 5.95 Å². The standard InChI is InChI=1S/C16H28N4O2/c1-12(2)11-13-7-8-17-14(19-13)20(6)10-9-18-15(21)22-16(3,4)5/h7-8,12H,9-11H2,1-6H3,(H,18,21). The van der Waals surface area contributed by atoms with Crippen LogP contribution in [0.3, 0.4) is 0 Å². The summed E-state index contributed by atoms with van der Waals surface area (Å²) < 4.78 is 5.19. The molecule has 0 aromatic carbocycles. The Hall–Kier alpha value is -1.85. The molecule has 6 nitrogen and oxygen atoms in total. The number of nitrogens with zero attached hydrogens (tertiary/aromatic N) is 3. The number of hydrogen-bond acceptors (Lipinski definition) is 5. The van der Waals surface area contributed by atoms with E-state index in [9.17, 15) is 4.79 Å². The summed E-state index contributed by atoms with van der Waals surface area (Å²) in [5.41, 5.74) is 0.552. The molecule has 1 rings (SSSR count). The van der Waals surface area contributed by atoms with E-state index < -0.39 is 11.7 Å². The number of alkyl carbamates (subject to hydrolysis) is 1. The second-order valence-electron chi connectivity index (χ2n) is 6.80. The molecule has 0 aliphatic carbocycles. The summed E-state index contributed by atoms with van der Waals surface area (Å²) in [6.07, 6.45) is 2.30. The summed E-state index contributed by atoms with van der Waals surface area (Å²) in [7, 11) is 1.91. The Morgan fingerprint density at radius 3 is 2.68 bits per heavy atom. The molecule has 0 saturated heterocycles. The molecule has 1 amide bonds. The first kappa shape index (κ1) is 18.2. The number of nitrogens with one attached hydrogen (secondary N) is 1. The van der Waals surface area contributed by atoms with E-state index in [2.05, 4.69) is 29.1 Å². The third-order valence-electron chi connectivity index (χ3n) is 2.77. The van der Waals surface area contributed by atoms with Crippen molar-refractivity contribution in [1.29, 1.82) is 0 Å². The van der Waals surface area contributed by atoms with Crippen LogP contribution in [0.25, 0.3) is 0 Å². The van der Waals surface area contributed by atoms with E-state index >= 15 is 0 Å². The van der Waals surface area contributed by atoms with Crippen LogP contribution < -0.4 is 10.2 Å². The summed E-state index contributed by atoms with van der Waals surface area (Å²) in [5.74, 6) is 1.23. The van der Waals surface area contributed by atoms with E-state index in [4.69, 9.17) is 4.74 Å². The first-order valence-corrected chi connectivity index (χ1v) is 7.67. The zero-order valence-corrected chi connectivity index (χ0v) is 14.5. The van der Waals surface area contributed by atoms with Gasteiger partial charge in [0.25, 0.3) is 0 Å². The highest BCUT2D eigenvalue weighted by Gasteiger charge is 2.15. The number of ether oxygens (including phenoxy) is 1. The molecule has 1 aromatic heterocycles. The largest absolute Gasteiger partial charge is 0.444 e. The number of hydrogen-bond donors (Lipinski definition) is 1. The second-order valence-corrected chi connectivity index (χ2v) is 6.80. The van der Waals surface area contributed by atoms with Gasteiger partial charge < -0.3 is 15.0 Å². The van der Waals surface area contributed by atoms with Crippen LogP contribution in [-0.2, 0) is 11.2 Å². The number of likely N-dealkylation sites (N-methyl/N-ethyl adjacent to an activating group) is 1. The Kier molecular flexibility index (Phi) is 6.59. The van der Waals surface area contributed by atoms with Gasteiger partial charge in [-0.1, -0.05) is 13.8 Å². The minimum Gasteiger partial charge on any atom is -0.444 e. The molecule has 1 heterocycles. The maximum absolute atomic E-state index is 11.6. The van der Waals surface area contributed by atoms with Gasteiger partial charge in [-0.3, -0.25) is 0 Å². The monoisotopic (exact) mass is 308 g/mol. The Bertz CT molecular complexity index is 483. The molecule has 0 radical (unpaired) electrons. The summed E-state index contributed by atoms with van der Waals surface area (Å²) in [6.45, 7) is 10.9. The van der Waals surface area contributed by atoms with Crippen LogP contribution in [0.5, 0.6) is 0 Å². The highest BCUT2D eigenvalue weighted by atomic mass is 16.6. The first-order valence-electron chi connectivity index (χ1n) is 7.67. The summed E-state index contributed by atoms with van der Waals surface area (Å²) >= 11 is 0. The van der Waals surface area contributed by atoms with Crippen molar-refractivity contribution in [2.75, 3.05) is 25.0 Å². The summed E-state index contributed by atoms with van der Waals surface area (Å²) in [6, 6.07) is 1.94. The number of rotatable bonds is 6. The van der Waals surface area contributed by atoms with Crippen molar-refractivity contribution in [2.45, 2.75) is 46.6 Å². The van der Waals surface area contributed by atoms with Gasteiger partial charge in [0, 0.05) is 32.0 Å². The Morgan fingerprint density at radius 1 is 1.41 bits per heavy atom. The minimum absolute atomic E-state index is 0.407. The maximum Gasteiger partial charge on any atom is 0.407 e. The fourth-order valence-corrected chi connectivity index (χ4v) is 1.84. The normalized spacial score (nSPS) is 11.4. The number of carbonyl (C=O) groups excluding carboxylic acids is 1. The number of anilines is 1. The molecule has 124 valence electrons. The van der Waals surface area contributed by atoms with Crippen LogP contribution in [-0.4, -0.2) is 41.8 Å². The van der Waals surface area contributed by atoms with Gasteiger partial charge in [0.05, 0.1) is 0 Å². The molecule has 0 bridgehead atoms. The van der Waals surface area contributed by atoms with Crippen molar-refractivity contribution in [3.8, 4) is 0 Å². The van der Waals surface area contributed by atoms with Gasteiger partial charge in [-0.15, -0.1) is 0 Å². The quantitative estimate of drug-likeness (QED) is 0.875. The lowest BCUT2D eigenvalue weighted by atomic mass is 10.1. The molecule has 0 atom stereocenters. The molecule has 0 saturated carbocycles. The molecule has 0 unspecified atom stereocenters. The minimum atomic E-state index is -0.482. The van der Waals surface area contributed by atoms with Gasteiger partial charge in [-0.05, 0) is 39.2 Å². The lowest BCUT2D eigenvalue weighted by Crippen LogP contribution is -2.37. The van der Waals surface area contributed by atoms with Crippen LogP contribution >= 0.6 is 0 Å². The molecule has 6 heteroatoms. The molecule has 0 fully saturated rings. The zero-order valence-electron chi connectivity index (χ0n) is 14.5. The van der Waals surface area contributed by atoms with Crippen LogP contribution in [0.15, 0.2) is 12.3 Å². The van der Waals surface area contributed by atoms with Crippen molar-refractivity contribution in [3.05, 3.63) is 18.0 Å². The molecule has 0 spiro atoms. The van der Waals surface area contributed by atoms with Crippen LogP contribution in [0, 0.1) is 5.92 Å². The predicted octanol–water partition coefficient (Wildman–Crippen LogP) is 2.64. The van der Waals surface area contributed by atoms with Gasteiger partial charge in [0.15, 0.2) is 0 Å². The zero-order chi connectivity index (χ0) is 16.8. The smallest absolute Gasteiger partial charge is 0.407 e. The number of aromatic nitrogens is 2. The summed E-state index contributed by atoms with van der Waals surface area (Å²) in [4.78, 5) is 22.3. The average Bonchev–Trinajstić information content (AvgIpc) is 2.35. The Labute approximate surface area is 133 Å². The Morgan fingerprint density at radius 2 is 2.09 bits per heavy atom. The van der Waals surface area contributed by atoms with Gasteiger partial charge in [-0.25, -0.2) is 14.8 Å². The van der Waals surface area contributed by atoms with Gasteiger partial charge in [0.1, 0.15) is 5.60 Å². The molecule has 1 N–H and O–H groups in total. The van der Waals surface area contributed by atoms with Crippen molar-refractivity contribution in [1.82, 2.24) is 15.3 Å². The van der Waals surface area contributed by atoms with Gasteiger partial charge in [-0.2, -0.15) is 0 Å². The molecule has 0 aliphatic rings. The lowest BCUT2D eigenvalue weighted by molar-refractivity contribution is 0.0529. The molecule has 22 heavy (non-hydrogen) atoms. The number of carbonyl (C=O) groups is 1. The highest BCUT2D eigenvalue weighted by Crippen LogP contribution is 2.09. The van der Waals surface area contributed by atoms with Crippen LogP contribution in [0.4, 0.5) is 10.7 Å². The fourth-order valence-electron chi connectivity index (χ4n) is 1.84. The SMILES string of the molecule is CC(C)Cc1ccnc(N(C)CCNC(=O)OC(C)(C)C)n1. The van der Waals surface area contributed by atoms with E-state index in [1.807, 2.05) is 38.8 Å². The lowest BCUT2D eigenvalue weighted by Gasteiger charge is -2.21. The van der Waals surface area contributed by atoms with Crippen LogP contribution in [0.2, 0.25) is 0 Å². The highest BCUT2D eigenvalue weighted by molar-refractivity contribution is 5.67. The van der Waals surface area contributed by atoms with E-state index in [1.54, 1.807) is 6.20 Å². The van der Waals surface area contributed by atoms with Crippen molar-refractivity contribution < 1.29 is 9.53 Å². The van der Waals surface area contributed by atoms with Crippen molar-refractivity contribution in [2.24, 2.45) is 5.92 Å². The predicted molar refractivity (Wildman–Crippen MR) is 88.1 cm³/mol. The van der Waals surface area contributed by atoms with E-state index in [0.29, 0.717) is 25.0 Å².